The number of ether oxygens (including phenoxy) is 2. The lowest BCUT2D eigenvalue weighted by molar-refractivity contribution is -0.128. The molecule has 1 aromatic heterocycles. The molecule has 1 atom stereocenters. The Bertz CT molecular complexity index is 954. The van der Waals surface area contributed by atoms with Gasteiger partial charge in [0.05, 0.1) is 11.5 Å². The van der Waals surface area contributed by atoms with Crippen molar-refractivity contribution in [1.29, 1.82) is 0 Å². The summed E-state index contributed by atoms with van der Waals surface area (Å²) in [5.74, 6) is -0.0872. The average molecular weight is 428 g/mol. The first kappa shape index (κ1) is 21.7. The van der Waals surface area contributed by atoms with Crippen LogP contribution >= 0.6 is 11.3 Å². The second kappa shape index (κ2) is 9.04. The van der Waals surface area contributed by atoms with Crippen LogP contribution in [0.15, 0.2) is 34.5 Å². The Labute approximate surface area is 166 Å². The molecule has 1 heterocycles. The molecule has 0 aliphatic heterocycles. The van der Waals surface area contributed by atoms with E-state index < -0.39 is 27.9 Å². The summed E-state index contributed by atoms with van der Waals surface area (Å²) in [6.07, 6.45) is -0.886. The predicted molar refractivity (Wildman–Crippen MR) is 104 cm³/mol. The van der Waals surface area contributed by atoms with Crippen molar-refractivity contribution in [1.82, 2.24) is 10.9 Å². The van der Waals surface area contributed by atoms with E-state index in [4.69, 9.17) is 14.6 Å². The van der Waals surface area contributed by atoms with Crippen LogP contribution in [0.1, 0.15) is 29.1 Å². The van der Waals surface area contributed by atoms with Crippen LogP contribution in [0.3, 0.4) is 0 Å². The number of amides is 2. The third-order valence-electron chi connectivity index (χ3n) is 3.50. The molecular weight excluding hydrogens is 406 g/mol. The van der Waals surface area contributed by atoms with Crippen LogP contribution in [0.2, 0.25) is 0 Å². The summed E-state index contributed by atoms with van der Waals surface area (Å²) in [4.78, 5) is 24.4. The third kappa shape index (κ3) is 5.68. The number of hydrazine groups is 1. The number of carbonyl (C=O) groups excluding carboxylic acids is 2. The number of rotatable bonds is 7. The first-order chi connectivity index (χ1) is 13.1. The zero-order chi connectivity index (χ0) is 20.9. The summed E-state index contributed by atoms with van der Waals surface area (Å²) in [6.45, 7) is 5.51. The number of sulfonamides is 1. The topological polar surface area (TPSA) is 137 Å². The van der Waals surface area contributed by atoms with E-state index in [1.165, 1.54) is 13.0 Å². The maximum atomic E-state index is 12.2. The molecule has 28 heavy (non-hydrogen) atoms. The summed E-state index contributed by atoms with van der Waals surface area (Å²) < 4.78 is 33.4. The molecule has 0 aliphatic carbocycles. The van der Waals surface area contributed by atoms with Crippen molar-refractivity contribution in [3.8, 4) is 11.5 Å². The Hall–Kier alpha value is -2.63. The molecule has 2 rings (SSSR count). The highest BCUT2D eigenvalue weighted by Gasteiger charge is 2.21. The second-order valence-electron chi connectivity index (χ2n) is 5.73. The summed E-state index contributed by atoms with van der Waals surface area (Å²) in [6, 6.07) is 8.06. The molecule has 11 heteroatoms. The number of nitrogens with two attached hydrogens (primary N) is 1. The van der Waals surface area contributed by atoms with Gasteiger partial charge in [-0.3, -0.25) is 20.4 Å². The molecule has 0 bridgehead atoms. The molecule has 152 valence electrons. The Kier molecular flexibility index (Phi) is 7.00. The summed E-state index contributed by atoms with van der Waals surface area (Å²) in [5.41, 5.74) is 4.91. The third-order valence-corrected chi connectivity index (χ3v) is 6.15. The fourth-order valence-electron chi connectivity index (χ4n) is 2.13. The van der Waals surface area contributed by atoms with Gasteiger partial charge in [0.25, 0.3) is 11.8 Å². The fourth-order valence-corrected chi connectivity index (χ4v) is 3.99. The molecule has 2 amide bonds. The van der Waals surface area contributed by atoms with Gasteiger partial charge in [-0.1, -0.05) is 0 Å². The molecule has 1 aromatic carbocycles. The molecule has 0 saturated heterocycles. The van der Waals surface area contributed by atoms with Gasteiger partial charge in [-0.05, 0) is 56.7 Å². The number of benzene rings is 1. The highest BCUT2D eigenvalue weighted by Crippen LogP contribution is 2.24. The quantitative estimate of drug-likeness (QED) is 0.570. The first-order valence-corrected chi connectivity index (χ1v) is 10.6. The summed E-state index contributed by atoms with van der Waals surface area (Å²) in [5, 5.41) is 5.06. The van der Waals surface area contributed by atoms with Gasteiger partial charge < -0.3 is 9.47 Å². The summed E-state index contributed by atoms with van der Waals surface area (Å²) in [7, 11) is -3.90. The molecule has 1 unspecified atom stereocenters. The van der Waals surface area contributed by atoms with E-state index in [9.17, 15) is 18.0 Å². The van der Waals surface area contributed by atoms with Gasteiger partial charge in [-0.15, -0.1) is 11.3 Å². The zero-order valence-corrected chi connectivity index (χ0v) is 17.1. The van der Waals surface area contributed by atoms with Crippen molar-refractivity contribution in [3.63, 3.8) is 0 Å². The van der Waals surface area contributed by atoms with E-state index in [2.05, 4.69) is 10.9 Å². The number of thiophene rings is 1. The minimum absolute atomic E-state index is 0.129. The highest BCUT2D eigenvalue weighted by molar-refractivity contribution is 7.91. The Morgan fingerprint density at radius 2 is 1.79 bits per heavy atom. The van der Waals surface area contributed by atoms with Gasteiger partial charge in [-0.25, -0.2) is 13.6 Å². The van der Waals surface area contributed by atoms with Gasteiger partial charge in [-0.2, -0.15) is 0 Å². The van der Waals surface area contributed by atoms with E-state index in [1.807, 2.05) is 6.92 Å². The normalized spacial score (nSPS) is 12.1. The molecular formula is C17H21N3O6S2. The Morgan fingerprint density at radius 3 is 2.32 bits per heavy atom. The van der Waals surface area contributed by atoms with Crippen LogP contribution < -0.4 is 25.5 Å². The monoisotopic (exact) mass is 427 g/mol. The van der Waals surface area contributed by atoms with Crippen molar-refractivity contribution >= 4 is 33.2 Å². The fraction of sp³-hybridized carbons (Fsp3) is 0.294. The smallest absolute Gasteiger partial charge is 0.280 e. The Balaban J connectivity index is 1.92. The van der Waals surface area contributed by atoms with E-state index >= 15 is 0 Å². The minimum atomic E-state index is -3.90. The average Bonchev–Trinajstić information content (AvgIpc) is 3.03. The molecule has 2 aromatic rings. The number of hydrogen-bond acceptors (Lipinski definition) is 7. The molecule has 0 fully saturated rings. The van der Waals surface area contributed by atoms with Gasteiger partial charge in [0.15, 0.2) is 6.10 Å². The van der Waals surface area contributed by atoms with Crippen LogP contribution in [0.25, 0.3) is 0 Å². The standard InChI is InChI=1S/C17H21N3O6S2/c1-4-25-12-5-7-13(8-6-12)26-11(3)16(21)19-20-17(22)15-10(2)9-14(27-15)28(18,23)24/h5-9,11H,4H2,1-3H3,(H,19,21)(H,20,22)(H2,18,23,24). The van der Waals surface area contributed by atoms with Gasteiger partial charge in [0.2, 0.25) is 10.0 Å². The van der Waals surface area contributed by atoms with Crippen LogP contribution in [-0.4, -0.2) is 32.9 Å². The number of hydrogen-bond donors (Lipinski definition) is 3. The number of nitrogens with one attached hydrogen (secondary N) is 2. The van der Waals surface area contributed by atoms with Crippen molar-refractivity contribution < 1.29 is 27.5 Å². The molecule has 9 nitrogen and oxygen atoms in total. The van der Waals surface area contributed by atoms with E-state index in [0.29, 0.717) is 23.7 Å². The van der Waals surface area contributed by atoms with E-state index in [0.717, 1.165) is 11.3 Å². The van der Waals surface area contributed by atoms with E-state index in [1.54, 1.807) is 31.2 Å². The maximum Gasteiger partial charge on any atom is 0.280 e. The van der Waals surface area contributed by atoms with Crippen LogP contribution in [0, 0.1) is 6.92 Å². The Morgan fingerprint density at radius 1 is 1.18 bits per heavy atom. The largest absolute Gasteiger partial charge is 0.494 e. The first-order valence-electron chi connectivity index (χ1n) is 8.24. The van der Waals surface area contributed by atoms with Crippen LogP contribution in [-0.2, 0) is 14.8 Å². The van der Waals surface area contributed by atoms with Crippen molar-refractivity contribution in [3.05, 3.63) is 40.8 Å². The zero-order valence-electron chi connectivity index (χ0n) is 15.5. The molecule has 4 N–H and O–H groups in total. The predicted octanol–water partition coefficient (Wildman–Crippen LogP) is 1.33. The second-order valence-corrected chi connectivity index (χ2v) is 8.57. The number of aryl methyl sites for hydroxylation is 1. The SMILES string of the molecule is CCOc1ccc(OC(C)C(=O)NNC(=O)c2sc(S(N)(=O)=O)cc2C)cc1. The van der Waals surface area contributed by atoms with Gasteiger partial charge in [0, 0.05) is 0 Å². The van der Waals surface area contributed by atoms with Crippen molar-refractivity contribution in [2.24, 2.45) is 5.14 Å². The molecule has 0 saturated carbocycles. The molecule has 0 radical (unpaired) electrons. The van der Waals surface area contributed by atoms with Gasteiger partial charge in [0.1, 0.15) is 15.7 Å². The van der Waals surface area contributed by atoms with Gasteiger partial charge >= 0.3 is 0 Å². The number of primary sulfonamides is 1. The van der Waals surface area contributed by atoms with Crippen molar-refractivity contribution in [2.75, 3.05) is 6.61 Å². The lowest BCUT2D eigenvalue weighted by Crippen LogP contribution is -2.47. The minimum Gasteiger partial charge on any atom is -0.494 e. The van der Waals surface area contributed by atoms with Crippen LogP contribution in [0.4, 0.5) is 0 Å². The van der Waals surface area contributed by atoms with Crippen molar-refractivity contribution in [2.45, 2.75) is 31.1 Å². The lowest BCUT2D eigenvalue weighted by atomic mass is 10.3. The van der Waals surface area contributed by atoms with Crippen LogP contribution in [0.5, 0.6) is 11.5 Å². The maximum absolute atomic E-state index is 12.2. The van der Waals surface area contributed by atoms with E-state index in [-0.39, 0.29) is 9.09 Å². The lowest BCUT2D eigenvalue weighted by Gasteiger charge is -2.15. The molecule has 0 spiro atoms. The highest BCUT2D eigenvalue weighted by atomic mass is 32.2. The molecule has 0 aliphatic rings. The number of carbonyl (C=O) groups is 2. The summed E-state index contributed by atoms with van der Waals surface area (Å²) >= 11 is 0.723.